The van der Waals surface area contributed by atoms with Gasteiger partial charge in [-0.1, -0.05) is 30.3 Å². The largest absolute Gasteiger partial charge is 0.478 e. The molecular formula is C16H14INO3. The summed E-state index contributed by atoms with van der Waals surface area (Å²) in [6.07, 6.45) is 0.939. The SMILES string of the molecule is O=C(CCc1ccccc1)Nc1ccc(I)cc1C(=O)O. The van der Waals surface area contributed by atoms with Gasteiger partial charge in [0.2, 0.25) is 5.91 Å². The lowest BCUT2D eigenvalue weighted by atomic mass is 10.1. The first-order valence-corrected chi connectivity index (χ1v) is 7.51. The highest BCUT2D eigenvalue weighted by Crippen LogP contribution is 2.19. The lowest BCUT2D eigenvalue weighted by Gasteiger charge is -2.09. The Hall–Kier alpha value is -1.89. The average molecular weight is 395 g/mol. The third-order valence-electron chi connectivity index (χ3n) is 2.97. The van der Waals surface area contributed by atoms with Crippen LogP contribution in [-0.4, -0.2) is 17.0 Å². The molecule has 0 fully saturated rings. The lowest BCUT2D eigenvalue weighted by molar-refractivity contribution is -0.116. The van der Waals surface area contributed by atoms with Gasteiger partial charge in [0.05, 0.1) is 11.3 Å². The van der Waals surface area contributed by atoms with Gasteiger partial charge in [0.25, 0.3) is 0 Å². The van der Waals surface area contributed by atoms with Crippen LogP contribution in [0.4, 0.5) is 5.69 Å². The van der Waals surface area contributed by atoms with Crippen molar-refractivity contribution in [2.24, 2.45) is 0 Å². The summed E-state index contributed by atoms with van der Waals surface area (Å²) in [5.74, 6) is -1.24. The minimum absolute atomic E-state index is 0.106. The van der Waals surface area contributed by atoms with Crippen molar-refractivity contribution in [1.29, 1.82) is 0 Å². The topological polar surface area (TPSA) is 66.4 Å². The molecule has 2 rings (SSSR count). The van der Waals surface area contributed by atoms with Crippen LogP contribution < -0.4 is 5.32 Å². The summed E-state index contributed by atoms with van der Waals surface area (Å²) in [5.41, 5.74) is 1.52. The number of aromatic carboxylic acids is 1. The van der Waals surface area contributed by atoms with Crippen molar-refractivity contribution in [3.8, 4) is 0 Å². The third kappa shape index (κ3) is 4.56. The van der Waals surface area contributed by atoms with E-state index in [1.54, 1.807) is 12.1 Å². The molecular weight excluding hydrogens is 381 g/mol. The molecule has 0 bridgehead atoms. The molecule has 0 saturated carbocycles. The highest BCUT2D eigenvalue weighted by Gasteiger charge is 2.13. The molecule has 1 amide bonds. The van der Waals surface area contributed by atoms with E-state index in [0.717, 1.165) is 9.13 Å². The van der Waals surface area contributed by atoms with Crippen molar-refractivity contribution in [1.82, 2.24) is 0 Å². The number of hydrogen-bond acceptors (Lipinski definition) is 2. The summed E-state index contributed by atoms with van der Waals surface area (Å²) >= 11 is 2.04. The number of benzene rings is 2. The van der Waals surface area contributed by atoms with Crippen LogP contribution in [0.15, 0.2) is 48.5 Å². The molecule has 5 heteroatoms. The lowest BCUT2D eigenvalue weighted by Crippen LogP contribution is -2.15. The number of hydrogen-bond donors (Lipinski definition) is 2. The van der Waals surface area contributed by atoms with Crippen LogP contribution in [0.1, 0.15) is 22.3 Å². The van der Waals surface area contributed by atoms with E-state index < -0.39 is 5.97 Å². The van der Waals surface area contributed by atoms with Crippen molar-refractivity contribution in [2.45, 2.75) is 12.8 Å². The normalized spacial score (nSPS) is 10.1. The Morgan fingerprint density at radius 1 is 1.10 bits per heavy atom. The van der Waals surface area contributed by atoms with E-state index in [9.17, 15) is 9.59 Å². The Bertz CT molecular complexity index is 656. The van der Waals surface area contributed by atoms with Crippen LogP contribution in [0.2, 0.25) is 0 Å². The fourth-order valence-electron chi connectivity index (χ4n) is 1.92. The van der Waals surface area contributed by atoms with E-state index in [-0.39, 0.29) is 11.5 Å². The monoisotopic (exact) mass is 395 g/mol. The highest BCUT2D eigenvalue weighted by atomic mass is 127. The van der Waals surface area contributed by atoms with E-state index in [1.807, 2.05) is 52.9 Å². The quantitative estimate of drug-likeness (QED) is 0.761. The van der Waals surface area contributed by atoms with Gasteiger partial charge in [-0.05, 0) is 52.8 Å². The fourth-order valence-corrected chi connectivity index (χ4v) is 2.41. The maximum atomic E-state index is 11.9. The molecule has 0 radical (unpaired) electrons. The van der Waals surface area contributed by atoms with Gasteiger partial charge in [0, 0.05) is 9.99 Å². The van der Waals surface area contributed by atoms with Crippen molar-refractivity contribution in [3.05, 3.63) is 63.2 Å². The molecule has 0 aliphatic carbocycles. The van der Waals surface area contributed by atoms with Gasteiger partial charge in [-0.3, -0.25) is 4.79 Å². The van der Waals surface area contributed by atoms with Crippen molar-refractivity contribution in [3.63, 3.8) is 0 Å². The van der Waals surface area contributed by atoms with E-state index in [2.05, 4.69) is 5.32 Å². The maximum absolute atomic E-state index is 11.9. The average Bonchev–Trinajstić information content (AvgIpc) is 2.48. The summed E-state index contributed by atoms with van der Waals surface area (Å²) in [6, 6.07) is 14.6. The van der Waals surface area contributed by atoms with Gasteiger partial charge in [-0.25, -0.2) is 4.79 Å². The van der Waals surface area contributed by atoms with E-state index in [1.165, 1.54) is 6.07 Å². The van der Waals surface area contributed by atoms with Crippen LogP contribution in [-0.2, 0) is 11.2 Å². The Morgan fingerprint density at radius 3 is 2.48 bits per heavy atom. The minimum atomic E-state index is -1.05. The number of carbonyl (C=O) groups excluding carboxylic acids is 1. The Labute approximate surface area is 136 Å². The van der Waals surface area contributed by atoms with Crippen LogP contribution >= 0.6 is 22.6 Å². The van der Waals surface area contributed by atoms with Gasteiger partial charge >= 0.3 is 5.97 Å². The minimum Gasteiger partial charge on any atom is -0.478 e. The second-order valence-corrected chi connectivity index (χ2v) is 5.77. The molecule has 0 aromatic heterocycles. The molecule has 0 heterocycles. The number of carboxylic acids is 1. The van der Waals surface area contributed by atoms with Crippen molar-refractivity contribution < 1.29 is 14.7 Å². The zero-order chi connectivity index (χ0) is 15.2. The highest BCUT2D eigenvalue weighted by molar-refractivity contribution is 14.1. The Balaban J connectivity index is 2.01. The number of halogens is 1. The molecule has 108 valence electrons. The van der Waals surface area contributed by atoms with E-state index in [0.29, 0.717) is 18.5 Å². The third-order valence-corrected chi connectivity index (χ3v) is 3.64. The zero-order valence-corrected chi connectivity index (χ0v) is 13.3. The standard InChI is InChI=1S/C16H14INO3/c17-12-7-8-14(13(10-12)16(20)21)18-15(19)9-6-11-4-2-1-3-5-11/h1-5,7-8,10H,6,9H2,(H,18,19)(H,20,21). The summed E-state index contributed by atoms with van der Waals surface area (Å²) in [6.45, 7) is 0. The van der Waals surface area contributed by atoms with Crippen LogP contribution in [0, 0.1) is 3.57 Å². The number of nitrogens with one attached hydrogen (secondary N) is 1. The molecule has 2 aromatic carbocycles. The first kappa shape index (κ1) is 15.5. The molecule has 0 atom stereocenters. The van der Waals surface area contributed by atoms with Crippen LogP contribution in [0.3, 0.4) is 0 Å². The van der Waals surface area contributed by atoms with Crippen LogP contribution in [0.5, 0.6) is 0 Å². The molecule has 2 aromatic rings. The Morgan fingerprint density at radius 2 is 1.81 bits per heavy atom. The van der Waals surface area contributed by atoms with Crippen molar-refractivity contribution >= 4 is 40.2 Å². The van der Waals surface area contributed by atoms with Crippen molar-refractivity contribution in [2.75, 3.05) is 5.32 Å². The molecule has 0 unspecified atom stereocenters. The fraction of sp³-hybridized carbons (Fsp3) is 0.125. The summed E-state index contributed by atoms with van der Waals surface area (Å²) in [5, 5.41) is 11.8. The van der Waals surface area contributed by atoms with Gasteiger partial charge in [0.1, 0.15) is 0 Å². The van der Waals surface area contributed by atoms with E-state index in [4.69, 9.17) is 5.11 Å². The number of rotatable bonds is 5. The Kier molecular flexibility index (Phi) is 5.32. The molecule has 0 aliphatic rings. The predicted molar refractivity (Wildman–Crippen MR) is 89.5 cm³/mol. The molecule has 0 saturated heterocycles. The first-order chi connectivity index (χ1) is 10.1. The number of carbonyl (C=O) groups is 2. The first-order valence-electron chi connectivity index (χ1n) is 6.43. The smallest absolute Gasteiger partial charge is 0.337 e. The van der Waals surface area contributed by atoms with E-state index >= 15 is 0 Å². The zero-order valence-electron chi connectivity index (χ0n) is 11.2. The molecule has 0 aliphatic heterocycles. The molecule has 4 nitrogen and oxygen atoms in total. The summed E-state index contributed by atoms with van der Waals surface area (Å²) in [7, 11) is 0. The number of amides is 1. The maximum Gasteiger partial charge on any atom is 0.337 e. The predicted octanol–water partition coefficient (Wildman–Crippen LogP) is 3.56. The van der Waals surface area contributed by atoms with Gasteiger partial charge in [-0.15, -0.1) is 0 Å². The van der Waals surface area contributed by atoms with Gasteiger partial charge < -0.3 is 10.4 Å². The summed E-state index contributed by atoms with van der Waals surface area (Å²) < 4.78 is 0.812. The van der Waals surface area contributed by atoms with Gasteiger partial charge in [-0.2, -0.15) is 0 Å². The second-order valence-electron chi connectivity index (χ2n) is 4.53. The van der Waals surface area contributed by atoms with Crippen LogP contribution in [0.25, 0.3) is 0 Å². The van der Waals surface area contributed by atoms with Gasteiger partial charge in [0.15, 0.2) is 0 Å². The number of aryl methyl sites for hydroxylation is 1. The molecule has 2 N–H and O–H groups in total. The summed E-state index contributed by atoms with van der Waals surface area (Å²) in [4.78, 5) is 23.1. The second kappa shape index (κ2) is 7.21. The number of carboxylic acid groups (broad SMARTS) is 1. The molecule has 0 spiro atoms. The molecule has 21 heavy (non-hydrogen) atoms. The number of anilines is 1.